The number of methoxy groups -OCH3 is 4. The van der Waals surface area contributed by atoms with Crippen molar-refractivity contribution in [2.75, 3.05) is 54.9 Å². The minimum absolute atomic E-state index is 0.0469. The summed E-state index contributed by atoms with van der Waals surface area (Å²) in [6, 6.07) is 9.44. The van der Waals surface area contributed by atoms with E-state index in [9.17, 15) is 0 Å². The summed E-state index contributed by atoms with van der Waals surface area (Å²) in [7, 11) is 6.52. The van der Waals surface area contributed by atoms with Gasteiger partial charge in [-0.2, -0.15) is 0 Å². The first-order valence-corrected chi connectivity index (χ1v) is 24.8. The molecule has 6 rings (SSSR count). The molecule has 0 radical (unpaired) electrons. The van der Waals surface area contributed by atoms with Gasteiger partial charge in [-0.3, -0.25) is 0 Å². The monoisotopic (exact) mass is 908 g/mol. The number of benzene rings is 2. The predicted octanol–water partition coefficient (Wildman–Crippen LogP) is 8.42. The van der Waals surface area contributed by atoms with Gasteiger partial charge in [-0.15, -0.1) is 0 Å². The molecule has 0 spiro atoms. The van der Waals surface area contributed by atoms with E-state index in [4.69, 9.17) is 30.4 Å². The fourth-order valence-electron chi connectivity index (χ4n) is 9.91. The summed E-state index contributed by atoms with van der Waals surface area (Å²) in [6.07, 6.45) is 13.8. The Kier molecular flexibility index (Phi) is 15.9. The first kappa shape index (κ1) is 48.6. The van der Waals surface area contributed by atoms with Crippen LogP contribution in [0.15, 0.2) is 80.6 Å². The van der Waals surface area contributed by atoms with Crippen LogP contribution in [0.25, 0.3) is 0 Å². The molecule has 0 fully saturated rings. The Hall–Kier alpha value is -3.85. The van der Waals surface area contributed by atoms with Gasteiger partial charge in [0.15, 0.2) is 0 Å². The average Bonchev–Trinajstić information content (AvgIpc) is 4.10. The quantitative estimate of drug-likeness (QED) is 0.0608. The third-order valence-electron chi connectivity index (χ3n) is 13.5. The molecule has 63 heavy (non-hydrogen) atoms. The maximum atomic E-state index is 18.0. The number of allylic oxidation sites excluding steroid dienone is 8. The molecule has 2 aromatic heterocycles. The molecule has 0 unspecified atom stereocenters. The number of aryl methyl sites for hydroxylation is 2. The van der Waals surface area contributed by atoms with Crippen LogP contribution in [-0.4, -0.2) is 64.0 Å². The van der Waals surface area contributed by atoms with E-state index in [1.165, 1.54) is 24.3 Å². The molecule has 4 aromatic rings. The van der Waals surface area contributed by atoms with E-state index in [0.717, 1.165) is 33.9 Å². The van der Waals surface area contributed by atoms with Gasteiger partial charge in [-0.1, -0.05) is 0 Å². The number of hydrogen-bond donors (Lipinski definition) is 2. The first-order chi connectivity index (χ1) is 30.1. The Labute approximate surface area is 374 Å². The first-order valence-electron chi connectivity index (χ1n) is 21.7. The summed E-state index contributed by atoms with van der Waals surface area (Å²) in [4.78, 5) is 0. The molecule has 0 amide bonds. The van der Waals surface area contributed by atoms with Crippen LogP contribution in [0.2, 0.25) is 0 Å². The molecule has 13 heteroatoms. The van der Waals surface area contributed by atoms with Gasteiger partial charge in [0.1, 0.15) is 0 Å². The van der Waals surface area contributed by atoms with Crippen molar-refractivity contribution < 1.29 is 53.1 Å². The van der Waals surface area contributed by atoms with Gasteiger partial charge in [0, 0.05) is 0 Å². The molecule has 2 aliphatic carbocycles. The summed E-state index contributed by atoms with van der Waals surface area (Å²) < 4.78 is 96.7. The van der Waals surface area contributed by atoms with Crippen LogP contribution in [0, 0.1) is 51.0 Å². The molecule has 0 bridgehead atoms. The maximum absolute atomic E-state index is 18.0. The van der Waals surface area contributed by atoms with Gasteiger partial charge in [0.2, 0.25) is 0 Å². The summed E-state index contributed by atoms with van der Waals surface area (Å²) >= 11 is -5.16. The number of halogens is 4. The van der Waals surface area contributed by atoms with Crippen LogP contribution in [0.3, 0.4) is 0 Å². The van der Waals surface area contributed by atoms with Gasteiger partial charge in [-0.05, 0) is 0 Å². The topological polar surface area (TPSA) is 98.8 Å². The summed E-state index contributed by atoms with van der Waals surface area (Å²) in [5.41, 5.74) is 18.1. The third-order valence-corrected chi connectivity index (χ3v) is 21.4. The SMILES string of the molecule is COCCC(N)(CCOC)c1cc(C)n(Cc2ccc(F)[c]([Ti]([C]3=CC=CC3)([C]3=CC=CC3)[c]3c(F)ccc(Cn4c(C)cc(C(N)(CCOC)CCOC)c4C)c3F)c2F)c1C. The molecule has 0 saturated carbocycles. The van der Waals surface area contributed by atoms with Crippen molar-refractivity contribution in [1.82, 2.24) is 9.13 Å². The zero-order valence-electron chi connectivity index (χ0n) is 38.1. The van der Waals surface area contributed by atoms with Gasteiger partial charge in [-0.25, -0.2) is 0 Å². The van der Waals surface area contributed by atoms with Crippen LogP contribution >= 0.6 is 0 Å². The second-order valence-electron chi connectivity index (χ2n) is 17.2. The van der Waals surface area contributed by atoms with Gasteiger partial charge in [0.25, 0.3) is 0 Å². The Balaban J connectivity index is 1.53. The number of hydrogen-bond acceptors (Lipinski definition) is 6. The van der Waals surface area contributed by atoms with E-state index in [0.29, 0.717) is 72.7 Å². The summed E-state index contributed by atoms with van der Waals surface area (Å²) in [6.45, 7) is 9.57. The number of nitrogens with zero attached hydrogens (tertiary/aromatic N) is 2. The number of nitrogens with two attached hydrogens (primary N) is 2. The second-order valence-corrected chi connectivity index (χ2v) is 23.1. The van der Waals surface area contributed by atoms with Crippen LogP contribution in [0.4, 0.5) is 17.6 Å². The fraction of sp³-hybridized carbons (Fsp3) is 0.440. The summed E-state index contributed by atoms with van der Waals surface area (Å²) in [5, 5.41) is 0. The fourth-order valence-corrected chi connectivity index (χ4v) is 18.3. The van der Waals surface area contributed by atoms with Crippen molar-refractivity contribution in [1.29, 1.82) is 0 Å². The van der Waals surface area contributed by atoms with Crippen LogP contribution in [0.1, 0.15) is 83.6 Å². The molecule has 2 aliphatic rings. The Morgan fingerprint density at radius 3 is 1.22 bits per heavy atom. The van der Waals surface area contributed by atoms with E-state index >= 15 is 17.6 Å². The van der Waals surface area contributed by atoms with E-state index in [2.05, 4.69) is 0 Å². The van der Waals surface area contributed by atoms with Gasteiger partial charge < -0.3 is 0 Å². The molecule has 8 nitrogen and oxygen atoms in total. The van der Waals surface area contributed by atoms with Crippen molar-refractivity contribution in [3.05, 3.63) is 149 Å². The predicted molar refractivity (Wildman–Crippen MR) is 239 cm³/mol. The van der Waals surface area contributed by atoms with Crippen LogP contribution < -0.4 is 19.2 Å². The van der Waals surface area contributed by atoms with Crippen LogP contribution in [-0.2, 0) is 59.7 Å². The third kappa shape index (κ3) is 9.34. The Morgan fingerprint density at radius 1 is 0.571 bits per heavy atom. The van der Waals surface area contributed by atoms with E-state index in [1.807, 2.05) is 85.4 Å². The molecule has 2 aromatic carbocycles. The van der Waals surface area contributed by atoms with Gasteiger partial charge >= 0.3 is 376 Å². The Bertz CT molecular complexity index is 2230. The molecule has 4 N–H and O–H groups in total. The van der Waals surface area contributed by atoms with Crippen LogP contribution in [0.5, 0.6) is 0 Å². The number of aromatic nitrogens is 2. The van der Waals surface area contributed by atoms with Gasteiger partial charge in [0.05, 0.1) is 0 Å². The zero-order valence-corrected chi connectivity index (χ0v) is 39.7. The second kappa shape index (κ2) is 20.5. The van der Waals surface area contributed by atoms with E-state index in [1.54, 1.807) is 28.4 Å². The van der Waals surface area contributed by atoms with Crippen molar-refractivity contribution >= 4 is 7.74 Å². The molecule has 2 heterocycles. The van der Waals surface area contributed by atoms with Crippen molar-refractivity contribution in [3.8, 4) is 0 Å². The number of ether oxygens (including phenoxy) is 4. The van der Waals surface area contributed by atoms with E-state index < -0.39 is 50.9 Å². The minimum atomic E-state index is -5.16. The molecule has 0 atom stereocenters. The van der Waals surface area contributed by atoms with Crippen molar-refractivity contribution in [3.63, 3.8) is 0 Å². The standard InChI is InChI=1S/2C20H27F2N2O2.2C5H5.Ti/c2*1-14-11-18(20(23,7-9-25-3)8-10-26-4)15(2)24(14)13-16-5-6-17(21)12-19(16)22;2*1-2-4-5-3-1;/h2*5-6,11H,7-10,13,23H2,1-4H3;2*1-3H,4H2;. The molecule has 0 saturated heterocycles. The average molecular weight is 909 g/mol. The molecular weight excluding hydrogens is 844 g/mol. The van der Waals surface area contributed by atoms with Crippen molar-refractivity contribution in [2.24, 2.45) is 11.5 Å². The summed E-state index contributed by atoms with van der Waals surface area (Å²) in [5.74, 6) is -3.23. The number of rotatable bonds is 22. The van der Waals surface area contributed by atoms with Crippen molar-refractivity contribution in [2.45, 2.75) is 90.4 Å². The molecule has 340 valence electrons. The molecular formula is C50H64F4N4O4Ti. The normalized spacial score (nSPS) is 14.4. The molecule has 0 aliphatic heterocycles. The Morgan fingerprint density at radius 2 is 0.921 bits per heavy atom. The van der Waals surface area contributed by atoms with E-state index in [-0.39, 0.29) is 32.0 Å². The zero-order chi connectivity index (χ0) is 45.7.